The molecule has 0 aliphatic carbocycles. The predicted octanol–water partition coefficient (Wildman–Crippen LogP) is 4.58. The molecule has 0 radical (unpaired) electrons. The molecule has 0 N–H and O–H groups in total. The molecule has 2 aromatic rings. The number of carbonyl (C=O) groups is 1. The molecule has 0 amide bonds. The normalized spacial score (nSPS) is 12.9. The van der Waals surface area contributed by atoms with Gasteiger partial charge in [-0.1, -0.05) is 54.0 Å². The molecule has 94 valence electrons. The van der Waals surface area contributed by atoms with Gasteiger partial charge < -0.3 is 0 Å². The zero-order valence-corrected chi connectivity index (χ0v) is 11.9. The minimum absolute atomic E-state index is 0.00111. The summed E-state index contributed by atoms with van der Waals surface area (Å²) in [6, 6.07) is 9.99. The number of rotatable bonds is 3. The van der Waals surface area contributed by atoms with Crippen LogP contribution >= 0.6 is 15.9 Å². The minimum atomic E-state index is -0.294. The predicted molar refractivity (Wildman–Crippen MR) is 75.8 cm³/mol. The van der Waals surface area contributed by atoms with Gasteiger partial charge in [0, 0.05) is 10.9 Å². The van der Waals surface area contributed by atoms with E-state index in [1.165, 1.54) is 6.07 Å². The maximum Gasteiger partial charge on any atom is 0.177 e. The first-order chi connectivity index (χ1) is 8.52. The Kier molecular flexibility index (Phi) is 3.81. The number of ketones is 1. The van der Waals surface area contributed by atoms with Gasteiger partial charge in [0.05, 0.1) is 4.83 Å². The zero-order valence-electron chi connectivity index (χ0n) is 10.3. The molecule has 2 rings (SSSR count). The molecule has 0 bridgehead atoms. The summed E-state index contributed by atoms with van der Waals surface area (Å²) in [5, 5.41) is 1.17. The van der Waals surface area contributed by atoms with Gasteiger partial charge in [-0.05, 0) is 23.4 Å². The molecule has 18 heavy (non-hydrogen) atoms. The van der Waals surface area contributed by atoms with Crippen molar-refractivity contribution < 1.29 is 9.18 Å². The molecule has 1 atom stereocenters. The van der Waals surface area contributed by atoms with Crippen LogP contribution < -0.4 is 0 Å². The highest BCUT2D eigenvalue weighted by molar-refractivity contribution is 9.10. The van der Waals surface area contributed by atoms with Crippen LogP contribution in [-0.2, 0) is 0 Å². The number of alkyl halides is 1. The van der Waals surface area contributed by atoms with E-state index in [1.807, 2.05) is 19.9 Å². The molecule has 0 saturated carbocycles. The fourth-order valence-electron chi connectivity index (χ4n) is 1.93. The number of carbonyl (C=O) groups excluding carboxylic acids is 1. The monoisotopic (exact) mass is 308 g/mol. The molecule has 1 nitrogen and oxygen atoms in total. The van der Waals surface area contributed by atoms with Crippen molar-refractivity contribution >= 4 is 32.5 Å². The lowest BCUT2D eigenvalue weighted by Crippen LogP contribution is -2.20. The SMILES string of the molecule is CC(C)C(Br)C(=O)c1ccc(F)c2ccccc12. The lowest BCUT2D eigenvalue weighted by Gasteiger charge is -2.14. The molecule has 0 aliphatic rings. The molecule has 1 unspecified atom stereocenters. The average molecular weight is 309 g/mol. The highest BCUT2D eigenvalue weighted by Crippen LogP contribution is 2.26. The topological polar surface area (TPSA) is 17.1 Å². The first-order valence-electron chi connectivity index (χ1n) is 5.88. The Labute approximate surface area is 114 Å². The summed E-state index contributed by atoms with van der Waals surface area (Å²) in [4.78, 5) is 12.1. The second-order valence-electron chi connectivity index (χ2n) is 4.65. The molecular formula is C15H14BrFO. The summed E-state index contributed by atoms with van der Waals surface area (Å²) in [5.41, 5.74) is 0.572. The molecule has 0 fully saturated rings. The van der Waals surface area contributed by atoms with Crippen LogP contribution in [0.4, 0.5) is 4.39 Å². The van der Waals surface area contributed by atoms with E-state index in [2.05, 4.69) is 15.9 Å². The van der Waals surface area contributed by atoms with Crippen molar-refractivity contribution in [2.75, 3.05) is 0 Å². The van der Waals surface area contributed by atoms with Crippen LogP contribution in [0.5, 0.6) is 0 Å². The number of Topliss-reactive ketones (excluding diaryl/α,β-unsaturated/α-hetero) is 1. The van der Waals surface area contributed by atoms with Crippen LogP contribution in [-0.4, -0.2) is 10.6 Å². The standard InChI is InChI=1S/C15H14BrFO/c1-9(2)14(16)15(18)12-7-8-13(17)11-6-4-3-5-10(11)12/h3-9,14H,1-2H3. The number of hydrogen-bond acceptors (Lipinski definition) is 1. The number of benzene rings is 2. The fraction of sp³-hybridized carbons (Fsp3) is 0.267. The molecular weight excluding hydrogens is 295 g/mol. The molecule has 2 aromatic carbocycles. The van der Waals surface area contributed by atoms with Gasteiger partial charge in [-0.3, -0.25) is 4.79 Å². The van der Waals surface area contributed by atoms with Crippen LogP contribution in [0.15, 0.2) is 36.4 Å². The lowest BCUT2D eigenvalue weighted by atomic mass is 9.96. The lowest BCUT2D eigenvalue weighted by molar-refractivity contribution is 0.0979. The second-order valence-corrected chi connectivity index (χ2v) is 5.64. The van der Waals surface area contributed by atoms with E-state index in [4.69, 9.17) is 0 Å². The Morgan fingerprint density at radius 1 is 1.11 bits per heavy atom. The van der Waals surface area contributed by atoms with Gasteiger partial charge in [-0.15, -0.1) is 0 Å². The third-order valence-electron chi connectivity index (χ3n) is 2.97. The van der Waals surface area contributed by atoms with Crippen molar-refractivity contribution in [2.24, 2.45) is 5.92 Å². The van der Waals surface area contributed by atoms with Gasteiger partial charge in [0.1, 0.15) is 5.82 Å². The van der Waals surface area contributed by atoms with Gasteiger partial charge in [-0.25, -0.2) is 4.39 Å². The molecule has 0 aromatic heterocycles. The first-order valence-corrected chi connectivity index (χ1v) is 6.79. The molecule has 0 spiro atoms. The maximum atomic E-state index is 13.7. The average Bonchev–Trinajstić information content (AvgIpc) is 2.38. The highest BCUT2D eigenvalue weighted by atomic mass is 79.9. The molecule has 3 heteroatoms. The number of hydrogen-bond donors (Lipinski definition) is 0. The van der Waals surface area contributed by atoms with Crippen LogP contribution in [0.1, 0.15) is 24.2 Å². The molecule has 0 heterocycles. The Bertz CT molecular complexity index is 592. The van der Waals surface area contributed by atoms with E-state index < -0.39 is 0 Å². The number of halogens is 2. The Hall–Kier alpha value is -1.22. The summed E-state index contributed by atoms with van der Waals surface area (Å²) in [6.45, 7) is 3.95. The summed E-state index contributed by atoms with van der Waals surface area (Å²) in [7, 11) is 0. The quantitative estimate of drug-likeness (QED) is 0.599. The first kappa shape index (κ1) is 13.2. The van der Waals surface area contributed by atoms with Gasteiger partial charge in [0.2, 0.25) is 0 Å². The van der Waals surface area contributed by atoms with Crippen molar-refractivity contribution in [3.05, 3.63) is 47.8 Å². The van der Waals surface area contributed by atoms with Gasteiger partial charge in [-0.2, -0.15) is 0 Å². The van der Waals surface area contributed by atoms with Crippen LogP contribution in [0.3, 0.4) is 0 Å². The van der Waals surface area contributed by atoms with E-state index in [0.29, 0.717) is 16.3 Å². The van der Waals surface area contributed by atoms with Crippen LogP contribution in [0.25, 0.3) is 10.8 Å². The van der Waals surface area contributed by atoms with Crippen molar-refractivity contribution in [3.63, 3.8) is 0 Å². The number of fused-ring (bicyclic) bond motifs is 1. The second kappa shape index (κ2) is 5.19. The van der Waals surface area contributed by atoms with Crippen LogP contribution in [0, 0.1) is 11.7 Å². The van der Waals surface area contributed by atoms with E-state index in [9.17, 15) is 9.18 Å². The van der Waals surface area contributed by atoms with E-state index >= 15 is 0 Å². The third kappa shape index (κ3) is 2.32. The molecule has 0 saturated heterocycles. The Morgan fingerprint density at radius 2 is 1.72 bits per heavy atom. The zero-order chi connectivity index (χ0) is 13.3. The largest absolute Gasteiger partial charge is 0.293 e. The third-order valence-corrected chi connectivity index (χ3v) is 4.45. The minimum Gasteiger partial charge on any atom is -0.293 e. The Balaban J connectivity index is 2.59. The molecule has 0 aliphatic heterocycles. The van der Waals surface area contributed by atoms with Gasteiger partial charge >= 0.3 is 0 Å². The van der Waals surface area contributed by atoms with E-state index in [0.717, 1.165) is 0 Å². The van der Waals surface area contributed by atoms with Crippen molar-refractivity contribution in [1.82, 2.24) is 0 Å². The summed E-state index contributed by atoms with van der Waals surface area (Å²) < 4.78 is 13.7. The smallest absolute Gasteiger partial charge is 0.177 e. The van der Waals surface area contributed by atoms with Crippen molar-refractivity contribution in [2.45, 2.75) is 18.7 Å². The Morgan fingerprint density at radius 3 is 2.33 bits per heavy atom. The van der Waals surface area contributed by atoms with E-state index in [1.54, 1.807) is 24.3 Å². The summed E-state index contributed by atoms with van der Waals surface area (Å²) >= 11 is 3.41. The maximum absolute atomic E-state index is 13.7. The fourth-order valence-corrected chi connectivity index (χ4v) is 2.18. The van der Waals surface area contributed by atoms with Crippen molar-refractivity contribution in [1.29, 1.82) is 0 Å². The van der Waals surface area contributed by atoms with Gasteiger partial charge in [0.25, 0.3) is 0 Å². The van der Waals surface area contributed by atoms with Crippen LogP contribution in [0.2, 0.25) is 0 Å². The van der Waals surface area contributed by atoms with Crippen molar-refractivity contribution in [3.8, 4) is 0 Å². The summed E-state index contributed by atoms with van der Waals surface area (Å²) in [5.74, 6) is -0.0969. The van der Waals surface area contributed by atoms with Gasteiger partial charge in [0.15, 0.2) is 5.78 Å². The highest BCUT2D eigenvalue weighted by Gasteiger charge is 2.22. The summed E-state index contributed by atoms with van der Waals surface area (Å²) in [6.07, 6.45) is 0. The van der Waals surface area contributed by atoms with E-state index in [-0.39, 0.29) is 22.3 Å².